The standard InChI is InChI=1S/C15H29N3O/c1-16(2)13-15(19)18-11-4-3-7-14(18)8-12-17-9-5-6-10-17/h14H,3-13H2,1-2H3/t14-/m1/s1. The van der Waals surface area contributed by atoms with Crippen molar-refractivity contribution in [2.24, 2.45) is 0 Å². The second-order valence-electron chi connectivity index (χ2n) is 6.31. The molecule has 0 aromatic heterocycles. The summed E-state index contributed by atoms with van der Waals surface area (Å²) in [5.74, 6) is 0.316. The van der Waals surface area contributed by atoms with Gasteiger partial charge in [-0.1, -0.05) is 0 Å². The Bertz CT molecular complexity index is 287. The first kappa shape index (κ1) is 14.8. The average molecular weight is 267 g/mol. The number of amides is 1. The molecule has 1 amide bonds. The molecule has 0 aromatic carbocycles. The Kier molecular flexibility index (Phi) is 5.64. The van der Waals surface area contributed by atoms with Gasteiger partial charge in [-0.2, -0.15) is 0 Å². The van der Waals surface area contributed by atoms with Crippen LogP contribution in [0.25, 0.3) is 0 Å². The van der Waals surface area contributed by atoms with Crippen LogP contribution in [0, 0.1) is 0 Å². The van der Waals surface area contributed by atoms with Gasteiger partial charge in [0, 0.05) is 19.1 Å². The lowest BCUT2D eigenvalue weighted by Gasteiger charge is -2.37. The van der Waals surface area contributed by atoms with Crippen LogP contribution < -0.4 is 0 Å². The number of likely N-dealkylation sites (N-methyl/N-ethyl adjacent to an activating group) is 1. The molecule has 0 aliphatic carbocycles. The van der Waals surface area contributed by atoms with Crippen LogP contribution in [0.2, 0.25) is 0 Å². The largest absolute Gasteiger partial charge is 0.339 e. The maximum absolute atomic E-state index is 12.3. The number of hydrogen-bond acceptors (Lipinski definition) is 3. The molecule has 4 heteroatoms. The maximum atomic E-state index is 12.3. The number of rotatable bonds is 5. The van der Waals surface area contributed by atoms with E-state index in [2.05, 4.69) is 9.80 Å². The van der Waals surface area contributed by atoms with Crippen molar-refractivity contribution in [3.8, 4) is 0 Å². The Balaban J connectivity index is 1.82. The monoisotopic (exact) mass is 267 g/mol. The highest BCUT2D eigenvalue weighted by atomic mass is 16.2. The molecule has 4 nitrogen and oxygen atoms in total. The number of likely N-dealkylation sites (tertiary alicyclic amines) is 2. The van der Waals surface area contributed by atoms with Crippen molar-refractivity contribution in [2.75, 3.05) is 46.8 Å². The molecule has 2 heterocycles. The van der Waals surface area contributed by atoms with E-state index >= 15 is 0 Å². The summed E-state index contributed by atoms with van der Waals surface area (Å²) in [6.07, 6.45) is 7.55. The van der Waals surface area contributed by atoms with E-state index in [0.717, 1.165) is 6.54 Å². The van der Waals surface area contributed by atoms with E-state index in [0.29, 0.717) is 18.5 Å². The summed E-state index contributed by atoms with van der Waals surface area (Å²) >= 11 is 0. The van der Waals surface area contributed by atoms with E-state index in [9.17, 15) is 4.79 Å². The Labute approximate surface area is 117 Å². The molecule has 19 heavy (non-hydrogen) atoms. The highest BCUT2D eigenvalue weighted by Gasteiger charge is 2.27. The molecule has 2 saturated heterocycles. The minimum absolute atomic E-state index is 0.316. The number of carbonyl (C=O) groups is 1. The average Bonchev–Trinajstić information content (AvgIpc) is 2.89. The fraction of sp³-hybridized carbons (Fsp3) is 0.933. The molecule has 110 valence electrons. The molecule has 1 atom stereocenters. The van der Waals surface area contributed by atoms with Gasteiger partial charge in [-0.3, -0.25) is 4.79 Å². The van der Waals surface area contributed by atoms with E-state index in [1.54, 1.807) is 0 Å². The van der Waals surface area contributed by atoms with Gasteiger partial charge in [0.15, 0.2) is 0 Å². The van der Waals surface area contributed by atoms with E-state index in [1.807, 2.05) is 19.0 Å². The Morgan fingerprint density at radius 2 is 1.79 bits per heavy atom. The van der Waals surface area contributed by atoms with Gasteiger partial charge in [-0.25, -0.2) is 0 Å². The summed E-state index contributed by atoms with van der Waals surface area (Å²) in [4.78, 5) is 19.0. The number of hydrogen-bond donors (Lipinski definition) is 0. The molecular formula is C15H29N3O. The van der Waals surface area contributed by atoms with Crippen molar-refractivity contribution < 1.29 is 4.79 Å². The van der Waals surface area contributed by atoms with Crippen LogP contribution in [0.1, 0.15) is 38.5 Å². The van der Waals surface area contributed by atoms with Crippen molar-refractivity contribution in [2.45, 2.75) is 44.6 Å². The van der Waals surface area contributed by atoms with Crippen LogP contribution in [0.3, 0.4) is 0 Å². The molecule has 2 rings (SSSR count). The molecule has 0 spiro atoms. The quantitative estimate of drug-likeness (QED) is 0.753. The molecule has 0 radical (unpaired) electrons. The number of piperidine rings is 1. The minimum atomic E-state index is 0.316. The van der Waals surface area contributed by atoms with Gasteiger partial charge in [0.1, 0.15) is 0 Å². The number of carbonyl (C=O) groups excluding carboxylic acids is 1. The Hall–Kier alpha value is -0.610. The van der Waals surface area contributed by atoms with Crippen molar-refractivity contribution >= 4 is 5.91 Å². The molecule has 0 saturated carbocycles. The lowest BCUT2D eigenvalue weighted by atomic mass is 9.99. The third-order valence-electron chi connectivity index (χ3n) is 4.38. The topological polar surface area (TPSA) is 26.8 Å². The normalized spacial score (nSPS) is 25.2. The summed E-state index contributed by atoms with van der Waals surface area (Å²) < 4.78 is 0. The second kappa shape index (κ2) is 7.25. The third kappa shape index (κ3) is 4.46. The van der Waals surface area contributed by atoms with Gasteiger partial charge in [0.05, 0.1) is 6.54 Å². The fourth-order valence-corrected chi connectivity index (χ4v) is 3.33. The zero-order chi connectivity index (χ0) is 13.7. The Morgan fingerprint density at radius 1 is 1.11 bits per heavy atom. The van der Waals surface area contributed by atoms with Crippen LogP contribution >= 0.6 is 0 Å². The predicted octanol–water partition coefficient (Wildman–Crippen LogP) is 1.42. The van der Waals surface area contributed by atoms with E-state index in [4.69, 9.17) is 0 Å². The van der Waals surface area contributed by atoms with Gasteiger partial charge < -0.3 is 14.7 Å². The first-order valence-corrected chi connectivity index (χ1v) is 7.83. The number of nitrogens with zero attached hydrogens (tertiary/aromatic N) is 3. The molecule has 2 aliphatic heterocycles. The summed E-state index contributed by atoms with van der Waals surface area (Å²) in [6, 6.07) is 0.488. The second-order valence-corrected chi connectivity index (χ2v) is 6.31. The van der Waals surface area contributed by atoms with Gasteiger partial charge in [-0.05, 0) is 65.7 Å². The van der Waals surface area contributed by atoms with E-state index < -0.39 is 0 Å². The molecular weight excluding hydrogens is 238 g/mol. The predicted molar refractivity (Wildman–Crippen MR) is 78.2 cm³/mol. The minimum Gasteiger partial charge on any atom is -0.339 e. The molecule has 0 aromatic rings. The van der Waals surface area contributed by atoms with E-state index in [-0.39, 0.29) is 0 Å². The SMILES string of the molecule is CN(C)CC(=O)N1CCCC[C@@H]1CCN1CCCC1. The Morgan fingerprint density at radius 3 is 2.47 bits per heavy atom. The first-order chi connectivity index (χ1) is 9.16. The highest BCUT2D eigenvalue weighted by molar-refractivity contribution is 5.78. The zero-order valence-corrected chi connectivity index (χ0v) is 12.6. The first-order valence-electron chi connectivity index (χ1n) is 7.83. The zero-order valence-electron chi connectivity index (χ0n) is 12.6. The molecule has 2 fully saturated rings. The molecule has 0 bridgehead atoms. The fourth-order valence-electron chi connectivity index (χ4n) is 3.33. The lowest BCUT2D eigenvalue weighted by molar-refractivity contribution is -0.135. The third-order valence-corrected chi connectivity index (χ3v) is 4.38. The van der Waals surface area contributed by atoms with Crippen LogP contribution in [0.4, 0.5) is 0 Å². The molecule has 0 unspecified atom stereocenters. The summed E-state index contributed by atoms with van der Waals surface area (Å²) in [7, 11) is 3.95. The van der Waals surface area contributed by atoms with Gasteiger partial charge >= 0.3 is 0 Å². The van der Waals surface area contributed by atoms with Gasteiger partial charge in [0.25, 0.3) is 0 Å². The smallest absolute Gasteiger partial charge is 0.236 e. The summed E-state index contributed by atoms with van der Waals surface area (Å²) in [5, 5.41) is 0. The van der Waals surface area contributed by atoms with Crippen molar-refractivity contribution in [1.82, 2.24) is 14.7 Å². The van der Waals surface area contributed by atoms with E-state index in [1.165, 1.54) is 58.2 Å². The van der Waals surface area contributed by atoms with Crippen LogP contribution in [-0.4, -0.2) is 73.5 Å². The van der Waals surface area contributed by atoms with Crippen LogP contribution in [-0.2, 0) is 4.79 Å². The maximum Gasteiger partial charge on any atom is 0.236 e. The highest BCUT2D eigenvalue weighted by Crippen LogP contribution is 2.21. The van der Waals surface area contributed by atoms with Crippen molar-refractivity contribution in [1.29, 1.82) is 0 Å². The molecule has 0 N–H and O–H groups in total. The summed E-state index contributed by atoms with van der Waals surface area (Å²) in [5.41, 5.74) is 0. The summed E-state index contributed by atoms with van der Waals surface area (Å²) in [6.45, 7) is 5.23. The van der Waals surface area contributed by atoms with Crippen LogP contribution in [0.15, 0.2) is 0 Å². The van der Waals surface area contributed by atoms with Gasteiger partial charge in [-0.15, -0.1) is 0 Å². The van der Waals surface area contributed by atoms with Crippen molar-refractivity contribution in [3.63, 3.8) is 0 Å². The lowest BCUT2D eigenvalue weighted by Crippen LogP contribution is -2.48. The van der Waals surface area contributed by atoms with Crippen LogP contribution in [0.5, 0.6) is 0 Å². The van der Waals surface area contributed by atoms with Gasteiger partial charge in [0.2, 0.25) is 5.91 Å². The molecule has 2 aliphatic rings. The van der Waals surface area contributed by atoms with Crippen molar-refractivity contribution in [3.05, 3.63) is 0 Å².